The maximum absolute atomic E-state index is 13.5. The van der Waals surface area contributed by atoms with Crippen molar-refractivity contribution < 1.29 is 8.91 Å². The van der Waals surface area contributed by atoms with Crippen molar-refractivity contribution in [1.82, 2.24) is 10.1 Å². The molecule has 0 aliphatic carbocycles. The van der Waals surface area contributed by atoms with Crippen LogP contribution in [0.25, 0.3) is 11.4 Å². The summed E-state index contributed by atoms with van der Waals surface area (Å²) < 4.78 is 18.6. The minimum atomic E-state index is -0.361. The summed E-state index contributed by atoms with van der Waals surface area (Å²) in [4.78, 5) is 4.19. The molecule has 2 N–H and O–H groups in total. The predicted molar refractivity (Wildman–Crippen MR) is 61.8 cm³/mol. The highest BCUT2D eigenvalue weighted by atomic mass is 19.1. The number of halogens is 1. The summed E-state index contributed by atoms with van der Waals surface area (Å²) in [6, 6.07) is 6.34. The van der Waals surface area contributed by atoms with E-state index in [0.29, 0.717) is 18.0 Å². The van der Waals surface area contributed by atoms with Gasteiger partial charge in [0.2, 0.25) is 11.7 Å². The van der Waals surface area contributed by atoms with Gasteiger partial charge in [0.05, 0.1) is 11.5 Å². The van der Waals surface area contributed by atoms with E-state index in [1.54, 1.807) is 18.2 Å². The molecule has 5 heteroatoms. The topological polar surface area (TPSA) is 64.9 Å². The molecule has 4 nitrogen and oxygen atoms in total. The van der Waals surface area contributed by atoms with Crippen LogP contribution in [0.3, 0.4) is 0 Å². The van der Waals surface area contributed by atoms with Gasteiger partial charge >= 0.3 is 0 Å². The molecule has 0 fully saturated rings. The summed E-state index contributed by atoms with van der Waals surface area (Å²) >= 11 is 0. The van der Waals surface area contributed by atoms with Gasteiger partial charge in [-0.25, -0.2) is 4.39 Å². The number of aromatic nitrogens is 2. The molecule has 0 aliphatic heterocycles. The highest BCUT2D eigenvalue weighted by Gasteiger charge is 2.17. The second-order valence-corrected chi connectivity index (χ2v) is 3.78. The molecule has 1 aromatic carbocycles. The highest BCUT2D eigenvalue weighted by molar-refractivity contribution is 5.54. The van der Waals surface area contributed by atoms with E-state index in [9.17, 15) is 4.39 Å². The third-order valence-electron chi connectivity index (χ3n) is 2.68. The maximum Gasteiger partial charge on any atom is 0.231 e. The summed E-state index contributed by atoms with van der Waals surface area (Å²) in [5.41, 5.74) is 5.93. The van der Waals surface area contributed by atoms with E-state index in [2.05, 4.69) is 10.1 Å². The first-order chi connectivity index (χ1) is 8.26. The fourth-order valence-corrected chi connectivity index (χ4v) is 1.60. The lowest BCUT2D eigenvalue weighted by Gasteiger charge is -2.04. The van der Waals surface area contributed by atoms with E-state index < -0.39 is 0 Å². The largest absolute Gasteiger partial charge is 0.339 e. The van der Waals surface area contributed by atoms with Crippen LogP contribution >= 0.6 is 0 Å². The average molecular weight is 235 g/mol. The van der Waals surface area contributed by atoms with E-state index >= 15 is 0 Å². The summed E-state index contributed by atoms with van der Waals surface area (Å²) in [7, 11) is 0. The third kappa shape index (κ3) is 2.34. The van der Waals surface area contributed by atoms with Crippen molar-refractivity contribution in [1.29, 1.82) is 0 Å². The van der Waals surface area contributed by atoms with Gasteiger partial charge in [-0.05, 0) is 18.6 Å². The number of nitrogens with zero attached hydrogens (tertiary/aromatic N) is 2. The number of benzene rings is 1. The van der Waals surface area contributed by atoms with Gasteiger partial charge in [-0.2, -0.15) is 4.98 Å². The molecule has 0 radical (unpaired) electrons. The Balaban J connectivity index is 2.33. The lowest BCUT2D eigenvalue weighted by molar-refractivity contribution is 0.351. The molecule has 2 aromatic rings. The maximum atomic E-state index is 13.5. The van der Waals surface area contributed by atoms with Crippen LogP contribution in [0.1, 0.15) is 25.2 Å². The van der Waals surface area contributed by atoms with Crippen molar-refractivity contribution >= 4 is 0 Å². The van der Waals surface area contributed by atoms with Crippen molar-refractivity contribution in [2.45, 2.75) is 19.3 Å². The first-order valence-corrected chi connectivity index (χ1v) is 5.54. The third-order valence-corrected chi connectivity index (χ3v) is 2.68. The first kappa shape index (κ1) is 11.7. The summed E-state index contributed by atoms with van der Waals surface area (Å²) in [5, 5.41) is 3.78. The van der Waals surface area contributed by atoms with E-state index in [1.807, 2.05) is 6.92 Å². The van der Waals surface area contributed by atoms with E-state index in [-0.39, 0.29) is 17.6 Å². The summed E-state index contributed by atoms with van der Waals surface area (Å²) in [5.74, 6) is 0.405. The fraction of sp³-hybridized carbons (Fsp3) is 0.333. The minimum Gasteiger partial charge on any atom is -0.339 e. The fourth-order valence-electron chi connectivity index (χ4n) is 1.60. The molecule has 0 aliphatic rings. The minimum absolute atomic E-state index is 0.0306. The lowest BCUT2D eigenvalue weighted by atomic mass is 10.1. The van der Waals surface area contributed by atoms with Crippen LogP contribution in [0.2, 0.25) is 0 Å². The molecule has 1 unspecified atom stereocenters. The molecule has 0 amide bonds. The van der Waals surface area contributed by atoms with Gasteiger partial charge in [0.1, 0.15) is 5.82 Å². The predicted octanol–water partition coefficient (Wildman–Crippen LogP) is 2.33. The van der Waals surface area contributed by atoms with Crippen LogP contribution in [0.15, 0.2) is 28.8 Å². The first-order valence-electron chi connectivity index (χ1n) is 5.54. The van der Waals surface area contributed by atoms with Crippen molar-refractivity contribution in [3.8, 4) is 11.4 Å². The zero-order chi connectivity index (χ0) is 12.3. The quantitative estimate of drug-likeness (QED) is 0.883. The second-order valence-electron chi connectivity index (χ2n) is 3.78. The van der Waals surface area contributed by atoms with Gasteiger partial charge in [-0.1, -0.05) is 24.2 Å². The average Bonchev–Trinajstić information content (AvgIpc) is 2.81. The molecule has 1 heterocycles. The van der Waals surface area contributed by atoms with Crippen LogP contribution in [-0.4, -0.2) is 16.7 Å². The standard InChI is InChI=1S/C12H14FN3O/c1-2-8(7-14)12-15-11(16-17-12)9-5-3-4-6-10(9)13/h3-6,8H,2,7,14H2,1H3. The van der Waals surface area contributed by atoms with Gasteiger partial charge in [-0.15, -0.1) is 0 Å². The number of nitrogens with two attached hydrogens (primary N) is 1. The molecule has 90 valence electrons. The van der Waals surface area contributed by atoms with Gasteiger partial charge in [0, 0.05) is 6.54 Å². The monoisotopic (exact) mass is 235 g/mol. The summed E-state index contributed by atoms with van der Waals surface area (Å²) in [6.07, 6.45) is 0.815. The highest BCUT2D eigenvalue weighted by Crippen LogP contribution is 2.22. The van der Waals surface area contributed by atoms with E-state index in [1.165, 1.54) is 6.07 Å². The Hall–Kier alpha value is -1.75. The Bertz CT molecular complexity index is 494. The van der Waals surface area contributed by atoms with E-state index in [0.717, 1.165) is 6.42 Å². The molecule has 1 aromatic heterocycles. The molecule has 2 rings (SSSR count). The summed E-state index contributed by atoms with van der Waals surface area (Å²) in [6.45, 7) is 2.43. The molecule has 17 heavy (non-hydrogen) atoms. The Labute approximate surface area is 98.6 Å². The van der Waals surface area contributed by atoms with Crippen molar-refractivity contribution in [3.05, 3.63) is 36.0 Å². The normalized spacial score (nSPS) is 12.6. The number of hydrogen-bond acceptors (Lipinski definition) is 4. The van der Waals surface area contributed by atoms with Crippen LogP contribution in [0, 0.1) is 5.82 Å². The van der Waals surface area contributed by atoms with Crippen molar-refractivity contribution in [3.63, 3.8) is 0 Å². The van der Waals surface area contributed by atoms with Crippen molar-refractivity contribution in [2.24, 2.45) is 5.73 Å². The Morgan fingerprint density at radius 2 is 2.18 bits per heavy atom. The van der Waals surface area contributed by atoms with Crippen LogP contribution in [-0.2, 0) is 0 Å². The van der Waals surface area contributed by atoms with Gasteiger partial charge in [0.15, 0.2) is 0 Å². The molecule has 0 saturated heterocycles. The molecule has 1 atom stereocenters. The molecular formula is C12H14FN3O. The number of rotatable bonds is 4. The van der Waals surface area contributed by atoms with Crippen LogP contribution in [0.5, 0.6) is 0 Å². The number of hydrogen-bond donors (Lipinski definition) is 1. The molecular weight excluding hydrogens is 221 g/mol. The van der Waals surface area contributed by atoms with Crippen LogP contribution in [0.4, 0.5) is 4.39 Å². The zero-order valence-electron chi connectivity index (χ0n) is 9.56. The lowest BCUT2D eigenvalue weighted by Crippen LogP contribution is -2.11. The Morgan fingerprint density at radius 3 is 2.82 bits per heavy atom. The SMILES string of the molecule is CCC(CN)c1nc(-c2ccccc2F)no1. The zero-order valence-corrected chi connectivity index (χ0v) is 9.56. The molecule has 0 bridgehead atoms. The molecule has 0 saturated carbocycles. The Kier molecular flexibility index (Phi) is 3.49. The van der Waals surface area contributed by atoms with Crippen molar-refractivity contribution in [2.75, 3.05) is 6.54 Å². The van der Waals surface area contributed by atoms with Gasteiger partial charge in [0.25, 0.3) is 0 Å². The van der Waals surface area contributed by atoms with Gasteiger partial charge < -0.3 is 10.3 Å². The second kappa shape index (κ2) is 5.05. The van der Waals surface area contributed by atoms with Crippen LogP contribution < -0.4 is 5.73 Å². The molecule has 0 spiro atoms. The smallest absolute Gasteiger partial charge is 0.231 e. The van der Waals surface area contributed by atoms with Gasteiger partial charge in [-0.3, -0.25) is 0 Å². The van der Waals surface area contributed by atoms with E-state index in [4.69, 9.17) is 10.3 Å². The Morgan fingerprint density at radius 1 is 1.41 bits per heavy atom.